The van der Waals surface area contributed by atoms with Gasteiger partial charge in [0.05, 0.1) is 11.2 Å². The van der Waals surface area contributed by atoms with Gasteiger partial charge in [-0.15, -0.1) is 0 Å². The lowest BCUT2D eigenvalue weighted by atomic mass is 9.77. The van der Waals surface area contributed by atoms with E-state index in [1.54, 1.807) is 0 Å². The normalized spacial score (nSPS) is 20.5. The van der Waals surface area contributed by atoms with E-state index in [-0.39, 0.29) is 18.3 Å². The summed E-state index contributed by atoms with van der Waals surface area (Å²) in [5, 5.41) is 3.16. The lowest BCUT2D eigenvalue weighted by Crippen LogP contribution is -2.41. The Bertz CT molecular complexity index is 539. The Morgan fingerprint density at radius 3 is 2.41 bits per heavy atom. The number of hydrogen-bond donors (Lipinski definition) is 2. The molecule has 0 bridgehead atoms. The molecule has 2 rings (SSSR count). The van der Waals surface area contributed by atoms with Gasteiger partial charge in [0, 0.05) is 13.1 Å². The van der Waals surface area contributed by atoms with E-state index in [0.717, 1.165) is 17.6 Å². The highest BCUT2D eigenvalue weighted by Gasteiger charge is 2.52. The van der Waals surface area contributed by atoms with Crippen molar-refractivity contribution in [2.24, 2.45) is 5.73 Å². The molecule has 4 nitrogen and oxygen atoms in total. The van der Waals surface area contributed by atoms with E-state index in [2.05, 4.69) is 63.4 Å². The smallest absolute Gasteiger partial charge is 0.400 e. The summed E-state index contributed by atoms with van der Waals surface area (Å²) in [6.45, 7) is 9.45. The third kappa shape index (κ3) is 3.61. The molecule has 5 heteroatoms. The maximum Gasteiger partial charge on any atom is 0.491 e. The standard InChI is InChI=1S/C17H27BN2O2/c1-16(2)17(3,4)22-18(21-16)15(11-19)10-13-7-6-8-14(9-13)12-20-5/h6-10,20H,11-12,19H2,1-5H3. The van der Waals surface area contributed by atoms with Crippen molar-refractivity contribution in [3.05, 3.63) is 40.9 Å². The Kier molecular flexibility index (Phi) is 5.12. The fraction of sp³-hybridized carbons (Fsp3) is 0.529. The quantitative estimate of drug-likeness (QED) is 0.820. The fourth-order valence-electron chi connectivity index (χ4n) is 2.43. The summed E-state index contributed by atoms with van der Waals surface area (Å²) in [6.07, 6.45) is 2.07. The summed E-state index contributed by atoms with van der Waals surface area (Å²) in [7, 11) is 1.56. The third-order valence-electron chi connectivity index (χ3n) is 4.48. The van der Waals surface area contributed by atoms with Crippen LogP contribution >= 0.6 is 0 Å². The predicted octanol–water partition coefficient (Wildman–Crippen LogP) is 2.38. The van der Waals surface area contributed by atoms with Crippen LogP contribution in [0.15, 0.2) is 29.7 Å². The maximum absolute atomic E-state index is 6.08. The zero-order chi connectivity index (χ0) is 16.4. The molecule has 3 N–H and O–H groups in total. The molecule has 1 heterocycles. The van der Waals surface area contributed by atoms with Gasteiger partial charge < -0.3 is 20.4 Å². The van der Waals surface area contributed by atoms with Gasteiger partial charge in [0.25, 0.3) is 0 Å². The minimum absolute atomic E-state index is 0.347. The SMILES string of the molecule is CNCc1cccc(C=C(CN)B2OC(C)(C)C(C)(C)O2)c1. The van der Waals surface area contributed by atoms with Crippen molar-refractivity contribution in [2.45, 2.75) is 45.4 Å². The van der Waals surface area contributed by atoms with Crippen molar-refractivity contribution < 1.29 is 9.31 Å². The second-order valence-electron chi connectivity index (χ2n) is 6.79. The molecule has 22 heavy (non-hydrogen) atoms. The van der Waals surface area contributed by atoms with Gasteiger partial charge in [-0.1, -0.05) is 30.3 Å². The number of rotatable bonds is 5. The first-order valence-electron chi connectivity index (χ1n) is 7.79. The van der Waals surface area contributed by atoms with Crippen LogP contribution in [0.3, 0.4) is 0 Å². The zero-order valence-electron chi connectivity index (χ0n) is 14.3. The van der Waals surface area contributed by atoms with Crippen molar-refractivity contribution in [1.82, 2.24) is 5.32 Å². The summed E-state index contributed by atoms with van der Waals surface area (Å²) in [5.41, 5.74) is 8.55. The van der Waals surface area contributed by atoms with Crippen LogP contribution < -0.4 is 11.1 Å². The van der Waals surface area contributed by atoms with E-state index in [1.165, 1.54) is 5.56 Å². The Morgan fingerprint density at radius 1 is 1.23 bits per heavy atom. The largest absolute Gasteiger partial charge is 0.491 e. The van der Waals surface area contributed by atoms with Gasteiger partial charge in [0.1, 0.15) is 0 Å². The van der Waals surface area contributed by atoms with Crippen molar-refractivity contribution in [2.75, 3.05) is 13.6 Å². The first-order chi connectivity index (χ1) is 10.3. The second-order valence-corrected chi connectivity index (χ2v) is 6.79. The molecule has 1 aliphatic rings. The first-order valence-corrected chi connectivity index (χ1v) is 7.79. The molecule has 0 amide bonds. The fourth-order valence-corrected chi connectivity index (χ4v) is 2.43. The molecule has 0 aliphatic carbocycles. The second kappa shape index (κ2) is 6.55. The molecular weight excluding hydrogens is 275 g/mol. The Morgan fingerprint density at radius 2 is 1.86 bits per heavy atom. The number of benzene rings is 1. The van der Waals surface area contributed by atoms with Crippen LogP contribution in [0.2, 0.25) is 0 Å². The number of nitrogens with two attached hydrogens (primary N) is 1. The molecule has 1 aromatic carbocycles. The molecule has 1 aliphatic heterocycles. The molecular formula is C17H27BN2O2. The lowest BCUT2D eigenvalue weighted by molar-refractivity contribution is 0.00578. The van der Waals surface area contributed by atoms with Crippen molar-refractivity contribution >= 4 is 13.2 Å². The van der Waals surface area contributed by atoms with Crippen LogP contribution in [0.1, 0.15) is 38.8 Å². The molecule has 0 saturated carbocycles. The summed E-state index contributed by atoms with van der Waals surface area (Å²) < 4.78 is 12.2. The predicted molar refractivity (Wildman–Crippen MR) is 92.3 cm³/mol. The molecule has 1 saturated heterocycles. The Hall–Kier alpha value is -1.14. The minimum Gasteiger partial charge on any atom is -0.400 e. The van der Waals surface area contributed by atoms with E-state index in [4.69, 9.17) is 15.0 Å². The molecule has 0 atom stereocenters. The minimum atomic E-state index is -0.386. The van der Waals surface area contributed by atoms with Gasteiger partial charge in [0.15, 0.2) is 0 Å². The van der Waals surface area contributed by atoms with Crippen LogP contribution in [0, 0.1) is 0 Å². The van der Waals surface area contributed by atoms with E-state index in [0.29, 0.717) is 6.54 Å². The van der Waals surface area contributed by atoms with Gasteiger partial charge in [-0.25, -0.2) is 0 Å². The van der Waals surface area contributed by atoms with Crippen molar-refractivity contribution in [3.63, 3.8) is 0 Å². The highest BCUT2D eigenvalue weighted by molar-refractivity contribution is 6.55. The first kappa shape index (κ1) is 17.2. The topological polar surface area (TPSA) is 56.5 Å². The summed E-state index contributed by atoms with van der Waals surface area (Å²) in [4.78, 5) is 0. The number of nitrogens with one attached hydrogen (secondary N) is 1. The average molecular weight is 302 g/mol. The van der Waals surface area contributed by atoms with Gasteiger partial charge in [-0.2, -0.15) is 0 Å². The molecule has 0 radical (unpaired) electrons. The van der Waals surface area contributed by atoms with Crippen LogP contribution in [-0.4, -0.2) is 31.9 Å². The highest BCUT2D eigenvalue weighted by atomic mass is 16.7. The van der Waals surface area contributed by atoms with Crippen LogP contribution in [0.25, 0.3) is 6.08 Å². The van der Waals surface area contributed by atoms with Crippen molar-refractivity contribution in [3.8, 4) is 0 Å². The monoisotopic (exact) mass is 302 g/mol. The summed E-state index contributed by atoms with van der Waals surface area (Å²) in [5.74, 6) is 0. The highest BCUT2D eigenvalue weighted by Crippen LogP contribution is 2.38. The van der Waals surface area contributed by atoms with Gasteiger partial charge in [-0.3, -0.25) is 0 Å². The lowest BCUT2D eigenvalue weighted by Gasteiger charge is -2.32. The third-order valence-corrected chi connectivity index (χ3v) is 4.48. The van der Waals surface area contributed by atoms with E-state index < -0.39 is 0 Å². The zero-order valence-corrected chi connectivity index (χ0v) is 14.3. The molecule has 1 fully saturated rings. The molecule has 0 unspecified atom stereocenters. The molecule has 120 valence electrons. The van der Waals surface area contributed by atoms with Gasteiger partial charge in [-0.05, 0) is 51.3 Å². The summed E-state index contributed by atoms with van der Waals surface area (Å²) in [6, 6.07) is 8.37. The van der Waals surface area contributed by atoms with Gasteiger partial charge >= 0.3 is 7.12 Å². The van der Waals surface area contributed by atoms with Gasteiger partial charge in [0.2, 0.25) is 0 Å². The van der Waals surface area contributed by atoms with Crippen molar-refractivity contribution in [1.29, 1.82) is 0 Å². The summed E-state index contributed by atoms with van der Waals surface area (Å²) >= 11 is 0. The average Bonchev–Trinajstić information content (AvgIpc) is 2.65. The maximum atomic E-state index is 6.08. The van der Waals surface area contributed by atoms with Crippen LogP contribution in [0.4, 0.5) is 0 Å². The molecule has 0 aromatic heterocycles. The Balaban J connectivity index is 2.23. The van der Waals surface area contributed by atoms with E-state index >= 15 is 0 Å². The van der Waals surface area contributed by atoms with E-state index in [1.807, 2.05) is 7.05 Å². The number of hydrogen-bond acceptors (Lipinski definition) is 4. The molecule has 1 aromatic rings. The Labute approximate surface area is 134 Å². The van der Waals surface area contributed by atoms with Crippen LogP contribution in [-0.2, 0) is 15.9 Å². The van der Waals surface area contributed by atoms with E-state index in [9.17, 15) is 0 Å². The molecule has 0 spiro atoms. The van der Waals surface area contributed by atoms with Crippen LogP contribution in [0.5, 0.6) is 0 Å².